The van der Waals surface area contributed by atoms with Gasteiger partial charge in [-0.05, 0) is 86.7 Å². The van der Waals surface area contributed by atoms with Crippen molar-refractivity contribution in [3.63, 3.8) is 0 Å². The number of carboxylic acid groups (broad SMARTS) is 1. The number of benzene rings is 1. The van der Waals surface area contributed by atoms with Crippen LogP contribution in [0, 0.1) is 11.8 Å². The van der Waals surface area contributed by atoms with Gasteiger partial charge in [0.25, 0.3) is 0 Å². The minimum atomic E-state index is -0.730. The number of rotatable bonds is 11. The highest BCUT2D eigenvalue weighted by molar-refractivity contribution is 7.99. The summed E-state index contributed by atoms with van der Waals surface area (Å²) in [6, 6.07) is 11.7. The van der Waals surface area contributed by atoms with Gasteiger partial charge < -0.3 is 24.4 Å². The molecule has 3 aromatic rings. The van der Waals surface area contributed by atoms with Crippen LogP contribution in [0.2, 0.25) is 0 Å². The molecule has 1 aliphatic rings. The van der Waals surface area contributed by atoms with Crippen LogP contribution in [0.3, 0.4) is 0 Å². The van der Waals surface area contributed by atoms with Gasteiger partial charge in [-0.15, -0.1) is 11.8 Å². The van der Waals surface area contributed by atoms with Crippen molar-refractivity contribution < 1.29 is 19.7 Å². The molecule has 7 nitrogen and oxygen atoms in total. The third-order valence-electron chi connectivity index (χ3n) is 7.07. The molecule has 8 heteroatoms. The number of likely N-dealkylation sites (tertiary alicyclic amines) is 1. The molecular formula is C27H35N3O4S. The first-order valence-electron chi connectivity index (χ1n) is 12.3. The molecule has 1 aromatic carbocycles. The maximum Gasteiger partial charge on any atom is 0.308 e. The van der Waals surface area contributed by atoms with Gasteiger partial charge in [0, 0.05) is 37.1 Å². The van der Waals surface area contributed by atoms with Crippen LogP contribution in [0.1, 0.15) is 37.4 Å². The van der Waals surface area contributed by atoms with E-state index < -0.39 is 18.0 Å². The largest absolute Gasteiger partial charge is 0.497 e. The van der Waals surface area contributed by atoms with E-state index in [1.165, 1.54) is 5.03 Å². The summed E-state index contributed by atoms with van der Waals surface area (Å²) < 4.78 is 7.46. The van der Waals surface area contributed by atoms with E-state index in [-0.39, 0.29) is 5.92 Å². The molecule has 3 heterocycles. The predicted octanol–water partition coefficient (Wildman–Crippen LogP) is 4.60. The summed E-state index contributed by atoms with van der Waals surface area (Å²) in [5.74, 6) is 0.683. The van der Waals surface area contributed by atoms with Crippen molar-refractivity contribution in [2.45, 2.75) is 36.8 Å². The van der Waals surface area contributed by atoms with Crippen molar-refractivity contribution >= 4 is 28.6 Å². The fourth-order valence-corrected chi connectivity index (χ4v) is 5.97. The number of carbonyl (C=O) groups is 1. The van der Waals surface area contributed by atoms with Gasteiger partial charge in [0.15, 0.2) is 0 Å². The lowest BCUT2D eigenvalue weighted by molar-refractivity contribution is -0.146. The number of pyridine rings is 1. The highest BCUT2D eigenvalue weighted by Gasteiger charge is 2.34. The summed E-state index contributed by atoms with van der Waals surface area (Å²) in [5.41, 5.74) is 1.62. The van der Waals surface area contributed by atoms with Crippen molar-refractivity contribution in [2.75, 3.05) is 32.5 Å². The molecule has 188 valence electrons. The van der Waals surface area contributed by atoms with Crippen LogP contribution in [-0.2, 0) is 11.8 Å². The molecule has 1 fully saturated rings. The Kier molecular flexibility index (Phi) is 8.70. The van der Waals surface area contributed by atoms with Gasteiger partial charge in [-0.2, -0.15) is 0 Å². The molecule has 0 amide bonds. The van der Waals surface area contributed by atoms with Crippen molar-refractivity contribution in [3.8, 4) is 5.75 Å². The predicted molar refractivity (Wildman–Crippen MR) is 139 cm³/mol. The van der Waals surface area contributed by atoms with Crippen LogP contribution in [0.15, 0.2) is 53.8 Å². The number of piperidine rings is 1. The minimum absolute atomic E-state index is 0.0683. The second-order valence-electron chi connectivity index (χ2n) is 9.33. The van der Waals surface area contributed by atoms with E-state index in [1.54, 1.807) is 13.3 Å². The average Bonchev–Trinajstić information content (AvgIpc) is 3.29. The topological polar surface area (TPSA) is 87.8 Å². The zero-order valence-electron chi connectivity index (χ0n) is 20.5. The molecule has 0 spiro atoms. The van der Waals surface area contributed by atoms with Gasteiger partial charge in [-0.3, -0.25) is 9.78 Å². The summed E-state index contributed by atoms with van der Waals surface area (Å²) in [7, 11) is 3.67. The molecule has 0 radical (unpaired) electrons. The molecule has 3 atom stereocenters. The number of ether oxygens (including phenoxy) is 1. The van der Waals surface area contributed by atoms with Crippen molar-refractivity contribution in [2.24, 2.45) is 18.9 Å². The molecule has 2 aromatic heterocycles. The van der Waals surface area contributed by atoms with Gasteiger partial charge in [0.1, 0.15) is 5.75 Å². The first kappa shape index (κ1) is 25.5. The van der Waals surface area contributed by atoms with Crippen LogP contribution in [0.25, 0.3) is 10.9 Å². The Morgan fingerprint density at radius 1 is 1.31 bits per heavy atom. The van der Waals surface area contributed by atoms with E-state index >= 15 is 0 Å². The molecule has 1 saturated heterocycles. The van der Waals surface area contributed by atoms with Crippen LogP contribution >= 0.6 is 11.8 Å². The SMILES string of the molecule is COc1ccc2nccc([C@@H](O)CC[C@@H]3CCN(CCCSc4cccn4C)C[C@@H]3C(=O)O)c2c1. The molecule has 1 aliphatic heterocycles. The molecule has 2 N–H and O–H groups in total. The number of thioether (sulfide) groups is 1. The van der Waals surface area contributed by atoms with Crippen LogP contribution in [-0.4, -0.2) is 63.1 Å². The molecule has 0 aliphatic carbocycles. The number of hydrogen-bond acceptors (Lipinski definition) is 6. The number of aromatic nitrogens is 2. The van der Waals surface area contributed by atoms with Gasteiger partial charge in [-0.25, -0.2) is 0 Å². The highest BCUT2D eigenvalue weighted by atomic mass is 32.2. The number of methoxy groups -OCH3 is 1. The summed E-state index contributed by atoms with van der Waals surface area (Å²) in [5, 5.41) is 23.0. The Hall–Kier alpha value is -2.55. The average molecular weight is 498 g/mol. The highest BCUT2D eigenvalue weighted by Crippen LogP contribution is 2.34. The minimum Gasteiger partial charge on any atom is -0.497 e. The Morgan fingerprint density at radius 2 is 2.17 bits per heavy atom. The van der Waals surface area contributed by atoms with Crippen LogP contribution in [0.4, 0.5) is 0 Å². The van der Waals surface area contributed by atoms with Gasteiger partial charge in [0.05, 0.1) is 29.7 Å². The number of nitrogens with zero attached hydrogens (tertiary/aromatic N) is 3. The van der Waals surface area contributed by atoms with E-state index in [2.05, 4.69) is 39.8 Å². The molecule has 4 rings (SSSR count). The summed E-state index contributed by atoms with van der Waals surface area (Å²) >= 11 is 1.84. The van der Waals surface area contributed by atoms with E-state index in [0.717, 1.165) is 53.9 Å². The molecule has 0 unspecified atom stereocenters. The number of carboxylic acids is 1. The Morgan fingerprint density at radius 3 is 2.91 bits per heavy atom. The Labute approximate surface area is 211 Å². The fraction of sp³-hybridized carbons (Fsp3) is 0.481. The van der Waals surface area contributed by atoms with Crippen LogP contribution in [0.5, 0.6) is 5.75 Å². The van der Waals surface area contributed by atoms with Crippen molar-refractivity contribution in [1.29, 1.82) is 0 Å². The smallest absolute Gasteiger partial charge is 0.308 e. The van der Waals surface area contributed by atoms with Gasteiger partial charge in [-0.1, -0.05) is 0 Å². The van der Waals surface area contributed by atoms with E-state index in [4.69, 9.17) is 4.74 Å². The maximum atomic E-state index is 12.1. The Bertz CT molecular complexity index is 1130. The number of aliphatic carboxylic acids is 1. The molecule has 35 heavy (non-hydrogen) atoms. The molecule has 0 saturated carbocycles. The number of aliphatic hydroxyl groups is 1. The van der Waals surface area contributed by atoms with Gasteiger partial charge in [0.2, 0.25) is 0 Å². The zero-order chi connectivity index (χ0) is 24.8. The number of aliphatic hydroxyl groups excluding tert-OH is 1. The lowest BCUT2D eigenvalue weighted by Gasteiger charge is -2.37. The summed E-state index contributed by atoms with van der Waals surface area (Å²) in [6.07, 6.45) is 6.18. The number of fused-ring (bicyclic) bond motifs is 1. The maximum absolute atomic E-state index is 12.1. The third-order valence-corrected chi connectivity index (χ3v) is 8.29. The van der Waals surface area contributed by atoms with E-state index in [9.17, 15) is 15.0 Å². The lowest BCUT2D eigenvalue weighted by Crippen LogP contribution is -2.44. The van der Waals surface area contributed by atoms with Crippen LogP contribution < -0.4 is 4.74 Å². The standard InChI is InChI=1S/C27H35N3O4S/c1-29-13-3-5-26(29)35-16-4-14-30-15-11-19(23(18-30)27(32)33)6-9-25(31)21-10-12-28-24-8-7-20(34-2)17-22(21)24/h3,5,7-8,10,12-13,17,19,23,25,31H,4,6,9,11,14-16,18H2,1-2H3,(H,32,33)/t19-,23+,25+/m1/s1. The fourth-order valence-electron chi connectivity index (χ4n) is 5.05. The van der Waals surface area contributed by atoms with E-state index in [0.29, 0.717) is 19.4 Å². The number of hydrogen-bond donors (Lipinski definition) is 2. The summed E-state index contributed by atoms with van der Waals surface area (Å²) in [4.78, 5) is 18.8. The second-order valence-corrected chi connectivity index (χ2v) is 10.4. The van der Waals surface area contributed by atoms with Crippen molar-refractivity contribution in [1.82, 2.24) is 14.5 Å². The van der Waals surface area contributed by atoms with E-state index in [1.807, 2.05) is 36.0 Å². The summed E-state index contributed by atoms with van der Waals surface area (Å²) in [6.45, 7) is 2.41. The molecular weight excluding hydrogens is 462 g/mol. The molecule has 0 bridgehead atoms. The van der Waals surface area contributed by atoms with Gasteiger partial charge >= 0.3 is 5.97 Å². The Balaban J connectivity index is 1.30. The second kappa shape index (κ2) is 11.9. The number of aryl methyl sites for hydroxylation is 1. The first-order valence-corrected chi connectivity index (χ1v) is 13.2. The normalized spacial score (nSPS) is 19.6. The monoisotopic (exact) mass is 497 g/mol. The quantitative estimate of drug-likeness (QED) is 0.296. The third kappa shape index (κ3) is 6.37. The first-order chi connectivity index (χ1) is 17.0. The zero-order valence-corrected chi connectivity index (χ0v) is 21.3. The lowest BCUT2D eigenvalue weighted by atomic mass is 9.81. The van der Waals surface area contributed by atoms with Crippen molar-refractivity contribution in [3.05, 3.63) is 54.4 Å².